The summed E-state index contributed by atoms with van der Waals surface area (Å²) in [6.45, 7) is 10.0. The van der Waals surface area contributed by atoms with Crippen LogP contribution in [0.25, 0.3) is 0 Å². The first kappa shape index (κ1) is 45.4. The molecule has 0 aliphatic rings. The Labute approximate surface area is 292 Å². The highest BCUT2D eigenvalue weighted by molar-refractivity contribution is 5.78. The van der Waals surface area contributed by atoms with E-state index in [0.717, 1.165) is 122 Å². The van der Waals surface area contributed by atoms with Gasteiger partial charge < -0.3 is 14.4 Å². The molecule has 1 amide bonds. The number of rotatable bonds is 35. The molecule has 47 heavy (non-hydrogen) atoms. The normalized spacial score (nSPS) is 12.0. The van der Waals surface area contributed by atoms with Crippen molar-refractivity contribution in [3.05, 3.63) is 0 Å². The van der Waals surface area contributed by atoms with Crippen molar-refractivity contribution in [3.63, 3.8) is 0 Å². The van der Waals surface area contributed by atoms with Crippen molar-refractivity contribution in [3.8, 4) is 0 Å². The molecule has 0 saturated carbocycles. The Hall–Kier alpha value is -1.59. The van der Waals surface area contributed by atoms with E-state index in [9.17, 15) is 14.4 Å². The van der Waals surface area contributed by atoms with E-state index in [-0.39, 0.29) is 29.9 Å². The number of unbranched alkanes of at least 4 members (excludes halogenated alkanes) is 18. The Morgan fingerprint density at radius 1 is 0.489 bits per heavy atom. The van der Waals surface area contributed by atoms with Crippen LogP contribution in [0.5, 0.6) is 0 Å². The summed E-state index contributed by atoms with van der Waals surface area (Å²) in [5.74, 6) is 0.325. The highest BCUT2D eigenvalue weighted by Gasteiger charge is 2.20. The van der Waals surface area contributed by atoms with E-state index in [1.54, 1.807) is 0 Å². The number of ether oxygens (including phenoxy) is 2. The third-order valence-electron chi connectivity index (χ3n) is 9.64. The molecule has 0 rings (SSSR count). The number of nitrogens with zero attached hydrogens (tertiary/aromatic N) is 1. The molecular weight excluding hydrogens is 586 g/mol. The zero-order chi connectivity index (χ0) is 34.8. The maximum absolute atomic E-state index is 13.0. The highest BCUT2D eigenvalue weighted by atomic mass is 16.5. The molecule has 0 bridgehead atoms. The summed E-state index contributed by atoms with van der Waals surface area (Å²) >= 11 is 0. The number of carbonyl (C=O) groups excluding carboxylic acids is 3. The van der Waals surface area contributed by atoms with Gasteiger partial charge >= 0.3 is 11.9 Å². The third kappa shape index (κ3) is 29.1. The molecular formula is C41H79NO5. The Bertz CT molecular complexity index is 715. The average Bonchev–Trinajstić information content (AvgIpc) is 3.07. The lowest BCUT2D eigenvalue weighted by atomic mass is 9.93. The SMILES string of the molecule is CCCCCCCOC(=O)CCCCCCCC(CCCCCCCC(=O)OC(CCCCCC)CCCCCC)C(=O)N(C)CC. The van der Waals surface area contributed by atoms with Crippen molar-refractivity contribution < 1.29 is 23.9 Å². The first-order chi connectivity index (χ1) is 22.9. The fourth-order valence-electron chi connectivity index (χ4n) is 6.31. The van der Waals surface area contributed by atoms with E-state index in [1.807, 2.05) is 18.9 Å². The summed E-state index contributed by atoms with van der Waals surface area (Å²) in [5.41, 5.74) is 0. The number of hydrogen-bond donors (Lipinski definition) is 0. The van der Waals surface area contributed by atoms with Gasteiger partial charge in [0.15, 0.2) is 0 Å². The van der Waals surface area contributed by atoms with Gasteiger partial charge in [-0.2, -0.15) is 0 Å². The van der Waals surface area contributed by atoms with E-state index in [1.165, 1.54) is 57.8 Å². The molecule has 0 aromatic carbocycles. The monoisotopic (exact) mass is 666 g/mol. The number of esters is 2. The first-order valence-corrected chi connectivity index (χ1v) is 20.5. The van der Waals surface area contributed by atoms with Crippen LogP contribution >= 0.6 is 0 Å². The van der Waals surface area contributed by atoms with E-state index in [0.29, 0.717) is 19.4 Å². The molecule has 0 aromatic rings. The Balaban J connectivity index is 4.19. The molecule has 0 saturated heterocycles. The molecule has 0 aliphatic carbocycles. The Kier molecular flexibility index (Phi) is 33.1. The molecule has 0 aromatic heterocycles. The summed E-state index contributed by atoms with van der Waals surface area (Å²) in [4.78, 5) is 39.4. The van der Waals surface area contributed by atoms with Crippen LogP contribution in [-0.4, -0.2) is 49.0 Å². The lowest BCUT2D eigenvalue weighted by Gasteiger charge is -2.23. The molecule has 0 aliphatic heterocycles. The molecule has 0 radical (unpaired) electrons. The summed E-state index contributed by atoms with van der Waals surface area (Å²) < 4.78 is 11.3. The number of amides is 1. The van der Waals surface area contributed by atoms with Gasteiger partial charge in [0.25, 0.3) is 0 Å². The van der Waals surface area contributed by atoms with Crippen molar-refractivity contribution in [1.82, 2.24) is 4.90 Å². The maximum Gasteiger partial charge on any atom is 0.306 e. The van der Waals surface area contributed by atoms with E-state index >= 15 is 0 Å². The van der Waals surface area contributed by atoms with Gasteiger partial charge in [-0.3, -0.25) is 14.4 Å². The van der Waals surface area contributed by atoms with Crippen LogP contribution < -0.4 is 0 Å². The van der Waals surface area contributed by atoms with Crippen LogP contribution in [-0.2, 0) is 23.9 Å². The molecule has 0 N–H and O–H groups in total. The fourth-order valence-corrected chi connectivity index (χ4v) is 6.31. The minimum Gasteiger partial charge on any atom is -0.466 e. The smallest absolute Gasteiger partial charge is 0.306 e. The van der Waals surface area contributed by atoms with Gasteiger partial charge in [0.1, 0.15) is 6.10 Å². The molecule has 1 atom stereocenters. The molecule has 1 unspecified atom stereocenters. The predicted molar refractivity (Wildman–Crippen MR) is 199 cm³/mol. The second-order valence-corrected chi connectivity index (χ2v) is 14.1. The van der Waals surface area contributed by atoms with Crippen LogP contribution in [0.1, 0.15) is 214 Å². The van der Waals surface area contributed by atoms with Gasteiger partial charge in [-0.25, -0.2) is 0 Å². The summed E-state index contributed by atoms with van der Waals surface area (Å²) in [7, 11) is 1.92. The predicted octanol–water partition coefficient (Wildman–Crippen LogP) is 11.9. The zero-order valence-corrected chi connectivity index (χ0v) is 32.1. The standard InChI is InChI=1S/C41H79NO5/c1-6-10-13-22-29-36-46-39(43)34-27-20-16-18-23-30-37(41(45)42(5)9-4)31-24-19-17-21-28-35-40(44)47-38(32-25-14-11-7-2)33-26-15-12-8-3/h37-38H,6-36H2,1-5H3. The van der Waals surface area contributed by atoms with Crippen molar-refractivity contribution in [2.24, 2.45) is 5.92 Å². The quantitative estimate of drug-likeness (QED) is 0.0497. The summed E-state index contributed by atoms with van der Waals surface area (Å²) in [6.07, 6.45) is 31.2. The number of carbonyl (C=O) groups is 3. The molecule has 0 fully saturated rings. The second-order valence-electron chi connectivity index (χ2n) is 14.1. The topological polar surface area (TPSA) is 72.9 Å². The van der Waals surface area contributed by atoms with Crippen molar-refractivity contribution in [1.29, 1.82) is 0 Å². The molecule has 6 nitrogen and oxygen atoms in total. The second kappa shape index (κ2) is 34.3. The third-order valence-corrected chi connectivity index (χ3v) is 9.64. The maximum atomic E-state index is 13.0. The van der Waals surface area contributed by atoms with E-state index < -0.39 is 0 Å². The zero-order valence-electron chi connectivity index (χ0n) is 32.1. The Morgan fingerprint density at radius 2 is 0.894 bits per heavy atom. The molecule has 0 heterocycles. The van der Waals surface area contributed by atoms with Gasteiger partial charge in [-0.15, -0.1) is 0 Å². The van der Waals surface area contributed by atoms with Gasteiger partial charge in [0, 0.05) is 32.4 Å². The van der Waals surface area contributed by atoms with Crippen LogP contribution in [0.3, 0.4) is 0 Å². The van der Waals surface area contributed by atoms with Crippen LogP contribution in [0.4, 0.5) is 0 Å². The Morgan fingerprint density at radius 3 is 1.40 bits per heavy atom. The fraction of sp³-hybridized carbons (Fsp3) is 0.927. The van der Waals surface area contributed by atoms with E-state index in [2.05, 4.69) is 20.8 Å². The van der Waals surface area contributed by atoms with Crippen molar-refractivity contribution in [2.75, 3.05) is 20.2 Å². The average molecular weight is 666 g/mol. The van der Waals surface area contributed by atoms with Gasteiger partial charge in [0.2, 0.25) is 5.91 Å². The van der Waals surface area contributed by atoms with Crippen molar-refractivity contribution >= 4 is 17.8 Å². The largest absolute Gasteiger partial charge is 0.466 e. The van der Waals surface area contributed by atoms with Gasteiger partial charge in [-0.05, 0) is 64.7 Å². The van der Waals surface area contributed by atoms with Crippen molar-refractivity contribution in [2.45, 2.75) is 220 Å². The van der Waals surface area contributed by atoms with Crippen LogP contribution in [0.2, 0.25) is 0 Å². The molecule has 0 spiro atoms. The molecule has 278 valence electrons. The number of hydrogen-bond acceptors (Lipinski definition) is 5. The first-order valence-electron chi connectivity index (χ1n) is 20.5. The van der Waals surface area contributed by atoms with Crippen LogP contribution in [0, 0.1) is 5.92 Å². The van der Waals surface area contributed by atoms with E-state index in [4.69, 9.17) is 9.47 Å². The molecule has 6 heteroatoms. The summed E-state index contributed by atoms with van der Waals surface area (Å²) in [6, 6.07) is 0. The lowest BCUT2D eigenvalue weighted by Crippen LogP contribution is -2.32. The van der Waals surface area contributed by atoms with Gasteiger partial charge in [-0.1, -0.05) is 136 Å². The lowest BCUT2D eigenvalue weighted by molar-refractivity contribution is -0.150. The minimum atomic E-state index is -0.0522. The highest BCUT2D eigenvalue weighted by Crippen LogP contribution is 2.22. The minimum absolute atomic E-state index is 0.0117. The van der Waals surface area contributed by atoms with Gasteiger partial charge in [0.05, 0.1) is 6.61 Å². The summed E-state index contributed by atoms with van der Waals surface area (Å²) in [5, 5.41) is 0. The van der Waals surface area contributed by atoms with Crippen LogP contribution in [0.15, 0.2) is 0 Å².